The molecule has 20 heavy (non-hydrogen) atoms. The van der Waals surface area contributed by atoms with Crippen LogP contribution in [0.2, 0.25) is 0 Å². The first kappa shape index (κ1) is 14.3. The van der Waals surface area contributed by atoms with Gasteiger partial charge in [-0.1, -0.05) is 24.3 Å². The van der Waals surface area contributed by atoms with E-state index in [4.69, 9.17) is 10.2 Å². The van der Waals surface area contributed by atoms with E-state index in [1.54, 1.807) is 13.0 Å². The van der Waals surface area contributed by atoms with Gasteiger partial charge in [0.1, 0.15) is 11.5 Å². The van der Waals surface area contributed by atoms with Crippen molar-refractivity contribution in [2.45, 2.75) is 33.4 Å². The Kier molecular flexibility index (Phi) is 4.25. The van der Waals surface area contributed by atoms with Crippen LogP contribution in [0.15, 0.2) is 34.7 Å². The minimum atomic E-state index is -0.116. The highest BCUT2D eigenvalue weighted by atomic mass is 16.3. The molecule has 0 saturated heterocycles. The molecule has 4 nitrogen and oxygen atoms in total. The number of nitrogens with one attached hydrogen (secondary N) is 1. The molecule has 1 aromatic heterocycles. The number of amides is 1. The Morgan fingerprint density at radius 2 is 1.95 bits per heavy atom. The first-order chi connectivity index (χ1) is 9.51. The highest BCUT2D eigenvalue weighted by molar-refractivity contribution is 5.95. The summed E-state index contributed by atoms with van der Waals surface area (Å²) in [6.07, 6.45) is 0. The predicted octanol–water partition coefficient (Wildman–Crippen LogP) is 2.85. The van der Waals surface area contributed by atoms with Crippen molar-refractivity contribution in [2.24, 2.45) is 5.73 Å². The van der Waals surface area contributed by atoms with Gasteiger partial charge in [0.25, 0.3) is 5.91 Å². The van der Waals surface area contributed by atoms with Gasteiger partial charge in [0, 0.05) is 6.54 Å². The molecule has 0 fully saturated rings. The van der Waals surface area contributed by atoms with Crippen molar-refractivity contribution < 1.29 is 9.21 Å². The van der Waals surface area contributed by atoms with Crippen molar-refractivity contribution in [3.63, 3.8) is 0 Å². The summed E-state index contributed by atoms with van der Waals surface area (Å²) in [7, 11) is 0. The van der Waals surface area contributed by atoms with E-state index in [-0.39, 0.29) is 11.9 Å². The Balaban J connectivity index is 2.08. The number of benzene rings is 1. The minimum Gasteiger partial charge on any atom is -0.466 e. The van der Waals surface area contributed by atoms with Crippen LogP contribution in [0.4, 0.5) is 0 Å². The van der Waals surface area contributed by atoms with Crippen molar-refractivity contribution in [1.29, 1.82) is 0 Å². The number of nitrogens with two attached hydrogens (primary N) is 1. The molecule has 4 heteroatoms. The Bertz CT molecular complexity index is 599. The number of carbonyl (C=O) groups excluding carboxylic acids is 1. The van der Waals surface area contributed by atoms with Gasteiger partial charge in [-0.25, -0.2) is 0 Å². The van der Waals surface area contributed by atoms with E-state index in [1.165, 1.54) is 0 Å². The van der Waals surface area contributed by atoms with Crippen LogP contribution in [0.3, 0.4) is 0 Å². The van der Waals surface area contributed by atoms with Gasteiger partial charge in [-0.3, -0.25) is 4.79 Å². The molecule has 0 radical (unpaired) electrons. The van der Waals surface area contributed by atoms with Gasteiger partial charge in [-0.2, -0.15) is 0 Å². The first-order valence-electron chi connectivity index (χ1n) is 6.68. The Labute approximate surface area is 119 Å². The molecular formula is C16H20N2O2. The molecule has 1 heterocycles. The van der Waals surface area contributed by atoms with E-state index < -0.39 is 0 Å². The maximum Gasteiger partial charge on any atom is 0.255 e. The number of aryl methyl sites for hydroxylation is 2. The number of carbonyl (C=O) groups is 1. The zero-order chi connectivity index (χ0) is 14.7. The van der Waals surface area contributed by atoms with Crippen molar-refractivity contribution in [2.75, 3.05) is 0 Å². The third-order valence-electron chi connectivity index (χ3n) is 3.35. The van der Waals surface area contributed by atoms with Crippen molar-refractivity contribution in [3.05, 3.63) is 58.5 Å². The molecule has 0 aliphatic rings. The molecule has 106 valence electrons. The van der Waals surface area contributed by atoms with Crippen LogP contribution in [0, 0.1) is 13.8 Å². The summed E-state index contributed by atoms with van der Waals surface area (Å²) in [5.41, 5.74) is 8.29. The summed E-state index contributed by atoms with van der Waals surface area (Å²) < 4.78 is 5.38. The van der Waals surface area contributed by atoms with Gasteiger partial charge >= 0.3 is 0 Å². The molecule has 3 N–H and O–H groups in total. The Morgan fingerprint density at radius 1 is 1.30 bits per heavy atom. The topological polar surface area (TPSA) is 68.3 Å². The Morgan fingerprint density at radius 3 is 2.45 bits per heavy atom. The van der Waals surface area contributed by atoms with Gasteiger partial charge in [0.15, 0.2) is 0 Å². The fourth-order valence-electron chi connectivity index (χ4n) is 2.16. The van der Waals surface area contributed by atoms with Crippen LogP contribution in [0.5, 0.6) is 0 Å². The third kappa shape index (κ3) is 3.08. The molecule has 1 aromatic carbocycles. The summed E-state index contributed by atoms with van der Waals surface area (Å²) in [6.45, 7) is 6.10. The maximum atomic E-state index is 12.2. The molecule has 0 spiro atoms. The lowest BCUT2D eigenvalue weighted by Gasteiger charge is -2.14. The summed E-state index contributed by atoms with van der Waals surface area (Å²) in [5, 5.41) is 2.97. The minimum absolute atomic E-state index is 0.0658. The van der Waals surface area contributed by atoms with Gasteiger partial charge in [-0.15, -0.1) is 0 Å². The molecule has 1 amide bonds. The van der Waals surface area contributed by atoms with Crippen LogP contribution < -0.4 is 11.1 Å². The maximum absolute atomic E-state index is 12.2. The van der Waals surface area contributed by atoms with E-state index in [1.807, 2.05) is 38.1 Å². The summed E-state index contributed by atoms with van der Waals surface area (Å²) in [6, 6.07) is 9.62. The molecule has 0 bridgehead atoms. The van der Waals surface area contributed by atoms with Crippen LogP contribution >= 0.6 is 0 Å². The van der Waals surface area contributed by atoms with Crippen LogP contribution in [-0.4, -0.2) is 5.91 Å². The second-order valence-electron chi connectivity index (χ2n) is 4.97. The van der Waals surface area contributed by atoms with E-state index in [0.29, 0.717) is 17.9 Å². The van der Waals surface area contributed by atoms with E-state index >= 15 is 0 Å². The lowest BCUT2D eigenvalue weighted by atomic mass is 10.1. The summed E-state index contributed by atoms with van der Waals surface area (Å²) >= 11 is 0. The normalized spacial score (nSPS) is 12.2. The van der Waals surface area contributed by atoms with Gasteiger partial charge in [0.05, 0.1) is 11.6 Å². The van der Waals surface area contributed by atoms with Crippen LogP contribution in [0.1, 0.15) is 46.0 Å². The molecule has 2 aromatic rings. The lowest BCUT2D eigenvalue weighted by molar-refractivity contribution is 0.0938. The molecular weight excluding hydrogens is 252 g/mol. The largest absolute Gasteiger partial charge is 0.466 e. The Hall–Kier alpha value is -2.07. The molecule has 1 atom stereocenters. The zero-order valence-electron chi connectivity index (χ0n) is 12.1. The number of hydrogen-bond donors (Lipinski definition) is 2. The standard InChI is InChI=1S/C16H20N2O2/c1-10-8-15(12(3)20-10)16(19)18-11(2)14-6-4-13(9-17)5-7-14/h4-8,11H,9,17H2,1-3H3,(H,18,19). The number of rotatable bonds is 4. The van der Waals surface area contributed by atoms with Crippen LogP contribution in [-0.2, 0) is 6.54 Å². The molecule has 0 aliphatic carbocycles. The predicted molar refractivity (Wildman–Crippen MR) is 78.4 cm³/mol. The second kappa shape index (κ2) is 5.92. The SMILES string of the molecule is Cc1cc(C(=O)NC(C)c2ccc(CN)cc2)c(C)o1. The lowest BCUT2D eigenvalue weighted by Crippen LogP contribution is -2.26. The van der Waals surface area contributed by atoms with Gasteiger partial charge < -0.3 is 15.5 Å². The first-order valence-corrected chi connectivity index (χ1v) is 6.68. The average molecular weight is 272 g/mol. The smallest absolute Gasteiger partial charge is 0.255 e. The van der Waals surface area contributed by atoms with Crippen molar-refractivity contribution >= 4 is 5.91 Å². The molecule has 0 saturated carbocycles. The highest BCUT2D eigenvalue weighted by Crippen LogP contribution is 2.17. The van der Waals surface area contributed by atoms with Gasteiger partial charge in [0.2, 0.25) is 0 Å². The average Bonchev–Trinajstić information content (AvgIpc) is 2.78. The fraction of sp³-hybridized carbons (Fsp3) is 0.312. The van der Waals surface area contributed by atoms with E-state index in [0.717, 1.165) is 16.9 Å². The van der Waals surface area contributed by atoms with E-state index in [2.05, 4.69) is 5.32 Å². The third-order valence-corrected chi connectivity index (χ3v) is 3.35. The zero-order valence-corrected chi connectivity index (χ0v) is 12.1. The van der Waals surface area contributed by atoms with Crippen molar-refractivity contribution in [3.8, 4) is 0 Å². The molecule has 2 rings (SSSR count). The van der Waals surface area contributed by atoms with E-state index in [9.17, 15) is 4.79 Å². The number of hydrogen-bond acceptors (Lipinski definition) is 3. The van der Waals surface area contributed by atoms with Crippen LogP contribution in [0.25, 0.3) is 0 Å². The fourth-order valence-corrected chi connectivity index (χ4v) is 2.16. The second-order valence-corrected chi connectivity index (χ2v) is 4.97. The van der Waals surface area contributed by atoms with Gasteiger partial charge in [-0.05, 0) is 38.0 Å². The summed E-state index contributed by atoms with van der Waals surface area (Å²) in [5.74, 6) is 1.27. The van der Waals surface area contributed by atoms with Crippen molar-refractivity contribution in [1.82, 2.24) is 5.32 Å². The quantitative estimate of drug-likeness (QED) is 0.899. The highest BCUT2D eigenvalue weighted by Gasteiger charge is 2.16. The molecule has 1 unspecified atom stereocenters. The molecule has 0 aliphatic heterocycles. The number of furan rings is 1. The summed E-state index contributed by atoms with van der Waals surface area (Å²) in [4.78, 5) is 12.2. The monoisotopic (exact) mass is 272 g/mol.